The van der Waals surface area contributed by atoms with Crippen LogP contribution in [0.25, 0.3) is 0 Å². The molecule has 78 valence electrons. The fourth-order valence-electron chi connectivity index (χ4n) is 1.50. The lowest BCUT2D eigenvalue weighted by atomic mass is 9.98. The first-order chi connectivity index (χ1) is 6.67. The molecule has 0 amide bonds. The summed E-state index contributed by atoms with van der Waals surface area (Å²) in [4.78, 5) is 0. The van der Waals surface area contributed by atoms with E-state index in [4.69, 9.17) is 16.7 Å². The summed E-state index contributed by atoms with van der Waals surface area (Å²) in [5.74, 6) is 0.171. The summed E-state index contributed by atoms with van der Waals surface area (Å²) < 4.78 is 0. The molecule has 1 aromatic rings. The zero-order valence-electron chi connectivity index (χ0n) is 8.76. The van der Waals surface area contributed by atoms with Crippen molar-refractivity contribution in [3.8, 4) is 0 Å². The van der Waals surface area contributed by atoms with Gasteiger partial charge in [-0.1, -0.05) is 37.9 Å². The predicted molar refractivity (Wildman–Crippen MR) is 60.9 cm³/mol. The van der Waals surface area contributed by atoms with Gasteiger partial charge in [-0.05, 0) is 29.7 Å². The number of hydrogen-bond acceptors (Lipinski definition) is 1. The molecular weight excluding hydrogens is 196 g/mol. The number of aryl methyl sites for hydroxylation is 1. The zero-order chi connectivity index (χ0) is 10.6. The van der Waals surface area contributed by atoms with Crippen LogP contribution in [-0.4, -0.2) is 11.7 Å². The Kier molecular flexibility index (Phi) is 4.43. The van der Waals surface area contributed by atoms with Crippen LogP contribution in [0.5, 0.6) is 0 Å². The molecular formula is C12H17ClO. The molecule has 14 heavy (non-hydrogen) atoms. The highest BCUT2D eigenvalue weighted by molar-refractivity contribution is 6.30. The van der Waals surface area contributed by atoms with Crippen LogP contribution < -0.4 is 0 Å². The van der Waals surface area contributed by atoms with Crippen molar-refractivity contribution >= 4 is 11.6 Å². The number of hydrogen-bond donors (Lipinski definition) is 1. The normalized spacial score (nSPS) is 12.9. The van der Waals surface area contributed by atoms with E-state index in [1.54, 1.807) is 0 Å². The smallest absolute Gasteiger partial charge is 0.0497 e. The minimum atomic E-state index is 0.171. The molecule has 0 bridgehead atoms. The molecule has 2 heteroatoms. The highest BCUT2D eigenvalue weighted by Crippen LogP contribution is 2.22. The van der Waals surface area contributed by atoms with E-state index < -0.39 is 0 Å². The van der Waals surface area contributed by atoms with E-state index in [9.17, 15) is 0 Å². The lowest BCUT2D eigenvalue weighted by Gasteiger charge is -2.10. The quantitative estimate of drug-likeness (QED) is 0.811. The van der Waals surface area contributed by atoms with E-state index in [1.807, 2.05) is 19.1 Å². The Hall–Kier alpha value is -0.530. The second kappa shape index (κ2) is 5.38. The van der Waals surface area contributed by atoms with Crippen molar-refractivity contribution in [2.24, 2.45) is 0 Å². The van der Waals surface area contributed by atoms with Gasteiger partial charge in [0.15, 0.2) is 0 Å². The lowest BCUT2D eigenvalue weighted by molar-refractivity contribution is 0.273. The summed E-state index contributed by atoms with van der Waals surface area (Å²) in [6, 6.07) is 6.07. The fourth-order valence-corrected chi connectivity index (χ4v) is 1.76. The summed E-state index contributed by atoms with van der Waals surface area (Å²) in [7, 11) is 0. The number of rotatable bonds is 4. The molecule has 1 unspecified atom stereocenters. The molecule has 0 radical (unpaired) electrons. The Balaban J connectivity index is 2.94. The SMILES string of the molecule is CCCc1cc(Cl)cc(C(C)CO)c1. The summed E-state index contributed by atoms with van der Waals surface area (Å²) in [6.45, 7) is 4.32. The van der Waals surface area contributed by atoms with Crippen molar-refractivity contribution in [1.29, 1.82) is 0 Å². The van der Waals surface area contributed by atoms with Crippen molar-refractivity contribution in [2.75, 3.05) is 6.61 Å². The lowest BCUT2D eigenvalue weighted by Crippen LogP contribution is -1.99. The maximum absolute atomic E-state index is 9.06. The van der Waals surface area contributed by atoms with Gasteiger partial charge in [-0.3, -0.25) is 0 Å². The molecule has 0 aliphatic heterocycles. The average molecular weight is 213 g/mol. The minimum absolute atomic E-state index is 0.171. The van der Waals surface area contributed by atoms with Gasteiger partial charge in [0.05, 0.1) is 0 Å². The van der Waals surface area contributed by atoms with E-state index in [1.165, 1.54) is 5.56 Å². The highest BCUT2D eigenvalue weighted by atomic mass is 35.5. The summed E-state index contributed by atoms with van der Waals surface area (Å²) >= 11 is 6.01. The molecule has 1 aromatic carbocycles. The average Bonchev–Trinajstić information content (AvgIpc) is 2.16. The van der Waals surface area contributed by atoms with Gasteiger partial charge in [-0.15, -0.1) is 0 Å². The Morgan fingerprint density at radius 1 is 1.36 bits per heavy atom. The molecule has 0 spiro atoms. The first kappa shape index (κ1) is 11.5. The van der Waals surface area contributed by atoms with Crippen LogP contribution in [0, 0.1) is 0 Å². The second-order valence-electron chi connectivity index (χ2n) is 3.73. The van der Waals surface area contributed by atoms with Gasteiger partial charge >= 0.3 is 0 Å². The molecule has 1 rings (SSSR count). The maximum Gasteiger partial charge on any atom is 0.0497 e. The van der Waals surface area contributed by atoms with E-state index in [-0.39, 0.29) is 12.5 Å². The topological polar surface area (TPSA) is 20.2 Å². The molecule has 0 aromatic heterocycles. The van der Waals surface area contributed by atoms with Crippen LogP contribution in [0.15, 0.2) is 18.2 Å². The standard InChI is InChI=1S/C12H17ClO/c1-3-4-10-5-11(9(2)8-14)7-12(13)6-10/h5-7,9,14H,3-4,8H2,1-2H3. The van der Waals surface area contributed by atoms with E-state index in [0.29, 0.717) is 0 Å². The Labute approximate surface area is 90.7 Å². The Morgan fingerprint density at radius 3 is 2.64 bits per heavy atom. The van der Waals surface area contributed by atoms with Gasteiger partial charge in [-0.2, -0.15) is 0 Å². The van der Waals surface area contributed by atoms with Crippen molar-refractivity contribution < 1.29 is 5.11 Å². The molecule has 1 N–H and O–H groups in total. The van der Waals surface area contributed by atoms with Gasteiger partial charge in [0, 0.05) is 17.5 Å². The molecule has 0 aliphatic carbocycles. The fraction of sp³-hybridized carbons (Fsp3) is 0.500. The van der Waals surface area contributed by atoms with Crippen LogP contribution in [0.3, 0.4) is 0 Å². The summed E-state index contributed by atoms with van der Waals surface area (Å²) in [6.07, 6.45) is 2.17. The van der Waals surface area contributed by atoms with Crippen LogP contribution in [0.2, 0.25) is 5.02 Å². The predicted octanol–water partition coefficient (Wildman–Crippen LogP) is 3.39. The summed E-state index contributed by atoms with van der Waals surface area (Å²) in [5.41, 5.74) is 2.39. The van der Waals surface area contributed by atoms with Crippen LogP contribution in [-0.2, 0) is 6.42 Å². The molecule has 0 aliphatic rings. The number of halogens is 1. The molecule has 1 nitrogen and oxygen atoms in total. The molecule has 1 atom stereocenters. The molecule has 0 fully saturated rings. The number of aliphatic hydroxyl groups excluding tert-OH is 1. The third-order valence-electron chi connectivity index (χ3n) is 2.36. The summed E-state index contributed by atoms with van der Waals surface area (Å²) in [5, 5.41) is 9.83. The zero-order valence-corrected chi connectivity index (χ0v) is 9.51. The highest BCUT2D eigenvalue weighted by Gasteiger charge is 2.06. The van der Waals surface area contributed by atoms with Crippen LogP contribution in [0.1, 0.15) is 37.3 Å². The van der Waals surface area contributed by atoms with Crippen molar-refractivity contribution in [3.05, 3.63) is 34.3 Å². The number of aliphatic hydroxyl groups is 1. The van der Waals surface area contributed by atoms with Crippen molar-refractivity contribution in [2.45, 2.75) is 32.6 Å². The number of benzene rings is 1. The molecule has 0 heterocycles. The molecule has 0 saturated carbocycles. The van der Waals surface area contributed by atoms with Gasteiger partial charge in [0.2, 0.25) is 0 Å². The third kappa shape index (κ3) is 3.00. The van der Waals surface area contributed by atoms with Gasteiger partial charge < -0.3 is 5.11 Å². The molecule has 0 saturated heterocycles. The van der Waals surface area contributed by atoms with Gasteiger partial charge in [0.1, 0.15) is 0 Å². The van der Waals surface area contributed by atoms with E-state index in [0.717, 1.165) is 23.4 Å². The van der Waals surface area contributed by atoms with Gasteiger partial charge in [-0.25, -0.2) is 0 Å². The monoisotopic (exact) mass is 212 g/mol. The van der Waals surface area contributed by atoms with Crippen LogP contribution in [0.4, 0.5) is 0 Å². The van der Waals surface area contributed by atoms with Gasteiger partial charge in [0.25, 0.3) is 0 Å². The Morgan fingerprint density at radius 2 is 2.07 bits per heavy atom. The second-order valence-corrected chi connectivity index (χ2v) is 4.16. The minimum Gasteiger partial charge on any atom is -0.396 e. The van der Waals surface area contributed by atoms with Crippen molar-refractivity contribution in [3.63, 3.8) is 0 Å². The first-order valence-electron chi connectivity index (χ1n) is 5.07. The van der Waals surface area contributed by atoms with E-state index >= 15 is 0 Å². The van der Waals surface area contributed by atoms with Crippen LogP contribution >= 0.6 is 11.6 Å². The Bertz CT molecular complexity index is 296. The van der Waals surface area contributed by atoms with E-state index in [2.05, 4.69) is 13.0 Å². The maximum atomic E-state index is 9.06. The third-order valence-corrected chi connectivity index (χ3v) is 2.58. The first-order valence-corrected chi connectivity index (χ1v) is 5.45. The largest absolute Gasteiger partial charge is 0.396 e. The van der Waals surface area contributed by atoms with Crippen molar-refractivity contribution in [1.82, 2.24) is 0 Å².